The Kier molecular flexibility index (Phi) is 6.58. The summed E-state index contributed by atoms with van der Waals surface area (Å²) in [5, 5.41) is 3.65. The molecule has 0 spiro atoms. The van der Waals surface area contributed by atoms with E-state index in [0.29, 0.717) is 12.1 Å². The summed E-state index contributed by atoms with van der Waals surface area (Å²) in [7, 11) is 4.14. The number of nitrogens with zero attached hydrogens (tertiary/aromatic N) is 1. The predicted octanol–water partition coefficient (Wildman–Crippen LogP) is 3.54. The van der Waals surface area contributed by atoms with E-state index in [1.54, 1.807) is 0 Å². The molecule has 0 aromatic heterocycles. The molecule has 0 heterocycles. The monoisotopic (exact) mass is 266 g/mol. The molecule has 102 valence electrons. The van der Waals surface area contributed by atoms with E-state index in [4.69, 9.17) is 0 Å². The standard InChI is InChI=1S/C15H26N2S/c1-6-18-11-12(2)16-13(3)14-7-9-15(10-8-14)17(4)5/h7-10,12-13,16H,6,11H2,1-5H3. The Labute approximate surface area is 116 Å². The van der Waals surface area contributed by atoms with Crippen LogP contribution in [0.5, 0.6) is 0 Å². The molecule has 1 aromatic rings. The van der Waals surface area contributed by atoms with Crippen molar-refractivity contribution >= 4 is 17.4 Å². The van der Waals surface area contributed by atoms with Crippen molar-refractivity contribution < 1.29 is 0 Å². The number of hydrogen-bond donors (Lipinski definition) is 1. The molecule has 1 N–H and O–H groups in total. The topological polar surface area (TPSA) is 15.3 Å². The Balaban J connectivity index is 2.53. The van der Waals surface area contributed by atoms with Crippen molar-refractivity contribution in [3.8, 4) is 0 Å². The van der Waals surface area contributed by atoms with Gasteiger partial charge >= 0.3 is 0 Å². The minimum absolute atomic E-state index is 0.411. The van der Waals surface area contributed by atoms with E-state index in [1.807, 2.05) is 11.8 Å². The summed E-state index contributed by atoms with van der Waals surface area (Å²) in [6.07, 6.45) is 0. The highest BCUT2D eigenvalue weighted by atomic mass is 32.2. The molecule has 2 nitrogen and oxygen atoms in total. The van der Waals surface area contributed by atoms with Crippen LogP contribution in [0, 0.1) is 0 Å². The summed E-state index contributed by atoms with van der Waals surface area (Å²) in [5.74, 6) is 2.37. The first-order valence-corrected chi connectivity index (χ1v) is 7.81. The van der Waals surface area contributed by atoms with Crippen LogP contribution in [-0.2, 0) is 0 Å². The van der Waals surface area contributed by atoms with Crippen molar-refractivity contribution in [1.29, 1.82) is 0 Å². The van der Waals surface area contributed by atoms with Gasteiger partial charge in [-0.1, -0.05) is 19.1 Å². The van der Waals surface area contributed by atoms with Crippen LogP contribution in [0.15, 0.2) is 24.3 Å². The Morgan fingerprint density at radius 2 is 1.78 bits per heavy atom. The summed E-state index contributed by atoms with van der Waals surface area (Å²) in [4.78, 5) is 2.13. The first-order valence-electron chi connectivity index (χ1n) is 6.65. The van der Waals surface area contributed by atoms with Crippen LogP contribution in [0.25, 0.3) is 0 Å². The normalized spacial score (nSPS) is 14.3. The molecule has 0 amide bonds. The fourth-order valence-electron chi connectivity index (χ4n) is 1.93. The zero-order valence-corrected chi connectivity index (χ0v) is 13.1. The van der Waals surface area contributed by atoms with Gasteiger partial charge in [0, 0.05) is 37.6 Å². The quantitative estimate of drug-likeness (QED) is 0.812. The molecule has 0 bridgehead atoms. The molecule has 2 unspecified atom stereocenters. The zero-order chi connectivity index (χ0) is 13.5. The summed E-state index contributed by atoms with van der Waals surface area (Å²) in [6, 6.07) is 9.75. The number of anilines is 1. The third-order valence-electron chi connectivity index (χ3n) is 3.02. The second-order valence-corrected chi connectivity index (χ2v) is 6.25. The van der Waals surface area contributed by atoms with Crippen LogP contribution in [0.4, 0.5) is 5.69 Å². The molecule has 0 aliphatic heterocycles. The van der Waals surface area contributed by atoms with E-state index < -0.39 is 0 Å². The molecule has 0 fully saturated rings. The second kappa shape index (κ2) is 7.70. The van der Waals surface area contributed by atoms with E-state index in [2.05, 4.69) is 69.3 Å². The first kappa shape index (κ1) is 15.4. The Morgan fingerprint density at radius 3 is 2.28 bits per heavy atom. The molecule has 1 aromatic carbocycles. The fourth-order valence-corrected chi connectivity index (χ4v) is 2.61. The molecule has 2 atom stereocenters. The van der Waals surface area contributed by atoms with Gasteiger partial charge in [0.15, 0.2) is 0 Å². The molecular weight excluding hydrogens is 240 g/mol. The Hall–Kier alpha value is -0.670. The van der Waals surface area contributed by atoms with Crippen molar-refractivity contribution in [2.24, 2.45) is 0 Å². The first-order chi connectivity index (χ1) is 8.54. The lowest BCUT2D eigenvalue weighted by molar-refractivity contribution is 0.511. The van der Waals surface area contributed by atoms with Crippen LogP contribution in [0.2, 0.25) is 0 Å². The van der Waals surface area contributed by atoms with Gasteiger partial charge in [0.25, 0.3) is 0 Å². The van der Waals surface area contributed by atoms with Crippen molar-refractivity contribution in [2.45, 2.75) is 32.9 Å². The Morgan fingerprint density at radius 1 is 1.17 bits per heavy atom. The van der Waals surface area contributed by atoms with Crippen LogP contribution in [-0.4, -0.2) is 31.6 Å². The van der Waals surface area contributed by atoms with Gasteiger partial charge in [0.1, 0.15) is 0 Å². The lowest BCUT2D eigenvalue weighted by Gasteiger charge is -2.21. The molecular formula is C15H26N2S. The van der Waals surface area contributed by atoms with Gasteiger partial charge in [-0.3, -0.25) is 0 Å². The highest BCUT2D eigenvalue weighted by Crippen LogP contribution is 2.18. The van der Waals surface area contributed by atoms with Crippen LogP contribution in [0.3, 0.4) is 0 Å². The van der Waals surface area contributed by atoms with Gasteiger partial charge in [-0.05, 0) is 37.3 Å². The third-order valence-corrected chi connectivity index (χ3v) is 4.16. The summed E-state index contributed by atoms with van der Waals surface area (Å²) < 4.78 is 0. The largest absolute Gasteiger partial charge is 0.378 e. The van der Waals surface area contributed by atoms with Crippen molar-refractivity contribution in [1.82, 2.24) is 5.32 Å². The maximum Gasteiger partial charge on any atom is 0.0361 e. The summed E-state index contributed by atoms with van der Waals surface area (Å²) in [6.45, 7) is 6.70. The second-order valence-electron chi connectivity index (χ2n) is 4.93. The van der Waals surface area contributed by atoms with E-state index in [0.717, 1.165) is 0 Å². The Bertz CT molecular complexity index is 335. The number of hydrogen-bond acceptors (Lipinski definition) is 3. The SMILES string of the molecule is CCSCC(C)NC(C)c1ccc(N(C)C)cc1. The zero-order valence-electron chi connectivity index (χ0n) is 12.2. The van der Waals surface area contributed by atoms with Crippen molar-refractivity contribution in [3.05, 3.63) is 29.8 Å². The smallest absolute Gasteiger partial charge is 0.0361 e. The molecule has 3 heteroatoms. The van der Waals surface area contributed by atoms with Gasteiger partial charge in [-0.25, -0.2) is 0 Å². The highest BCUT2D eigenvalue weighted by molar-refractivity contribution is 7.99. The van der Waals surface area contributed by atoms with E-state index in [9.17, 15) is 0 Å². The van der Waals surface area contributed by atoms with Crippen molar-refractivity contribution in [2.75, 3.05) is 30.5 Å². The molecule has 0 saturated carbocycles. The van der Waals surface area contributed by atoms with Crippen LogP contribution >= 0.6 is 11.8 Å². The molecule has 18 heavy (non-hydrogen) atoms. The van der Waals surface area contributed by atoms with Gasteiger partial charge in [-0.2, -0.15) is 11.8 Å². The molecule has 1 rings (SSSR count). The van der Waals surface area contributed by atoms with Gasteiger partial charge in [0.2, 0.25) is 0 Å². The molecule has 0 aliphatic rings. The number of nitrogens with one attached hydrogen (secondary N) is 1. The van der Waals surface area contributed by atoms with Gasteiger partial charge in [-0.15, -0.1) is 0 Å². The highest BCUT2D eigenvalue weighted by Gasteiger charge is 2.09. The number of thioether (sulfide) groups is 1. The van der Waals surface area contributed by atoms with E-state index in [1.165, 1.54) is 22.8 Å². The lowest BCUT2D eigenvalue weighted by atomic mass is 10.1. The summed E-state index contributed by atoms with van der Waals surface area (Å²) in [5.41, 5.74) is 2.61. The maximum absolute atomic E-state index is 3.65. The van der Waals surface area contributed by atoms with Gasteiger partial charge < -0.3 is 10.2 Å². The molecule has 0 radical (unpaired) electrons. The predicted molar refractivity (Wildman–Crippen MR) is 84.8 cm³/mol. The van der Waals surface area contributed by atoms with Crippen LogP contribution in [0.1, 0.15) is 32.4 Å². The lowest BCUT2D eigenvalue weighted by Crippen LogP contribution is -2.30. The minimum atomic E-state index is 0.411. The average Bonchev–Trinajstić information content (AvgIpc) is 2.36. The number of benzene rings is 1. The van der Waals surface area contributed by atoms with E-state index >= 15 is 0 Å². The summed E-state index contributed by atoms with van der Waals surface area (Å²) >= 11 is 1.99. The minimum Gasteiger partial charge on any atom is -0.378 e. The molecule has 0 aliphatic carbocycles. The fraction of sp³-hybridized carbons (Fsp3) is 0.600. The maximum atomic E-state index is 3.65. The van der Waals surface area contributed by atoms with Gasteiger partial charge in [0.05, 0.1) is 0 Å². The van der Waals surface area contributed by atoms with Crippen molar-refractivity contribution in [3.63, 3.8) is 0 Å². The number of rotatable bonds is 7. The third kappa shape index (κ3) is 4.91. The molecule has 0 saturated heterocycles. The van der Waals surface area contributed by atoms with Crippen LogP contribution < -0.4 is 10.2 Å². The average molecular weight is 266 g/mol. The van der Waals surface area contributed by atoms with E-state index in [-0.39, 0.29) is 0 Å².